The van der Waals surface area contributed by atoms with Gasteiger partial charge < -0.3 is 20.7 Å². The summed E-state index contributed by atoms with van der Waals surface area (Å²) in [5.41, 5.74) is 7.03. The number of ether oxygens (including phenoxy) is 1. The fourth-order valence-corrected chi connectivity index (χ4v) is 1.97. The number of nitrogens with zero attached hydrogens (tertiary/aromatic N) is 1. The zero-order valence-corrected chi connectivity index (χ0v) is 10.6. The summed E-state index contributed by atoms with van der Waals surface area (Å²) >= 11 is 0. The van der Waals surface area contributed by atoms with Crippen molar-refractivity contribution in [3.05, 3.63) is 24.3 Å². The van der Waals surface area contributed by atoms with Crippen LogP contribution < -0.4 is 11.1 Å². The Morgan fingerprint density at radius 1 is 1.61 bits per heavy atom. The van der Waals surface area contributed by atoms with Gasteiger partial charge in [0.25, 0.3) is 0 Å². The maximum absolute atomic E-state index is 12.1. The lowest BCUT2D eigenvalue weighted by molar-refractivity contribution is -0.0134. The van der Waals surface area contributed by atoms with Gasteiger partial charge in [-0.3, -0.25) is 0 Å². The largest absolute Gasteiger partial charge is 0.399 e. The lowest BCUT2D eigenvalue weighted by Gasteiger charge is -2.32. The normalized spacial score (nSPS) is 19.6. The summed E-state index contributed by atoms with van der Waals surface area (Å²) in [6.07, 6.45) is 1.06. The van der Waals surface area contributed by atoms with Gasteiger partial charge in [-0.05, 0) is 24.6 Å². The highest BCUT2D eigenvalue weighted by Gasteiger charge is 2.22. The number of nitrogen functional groups attached to an aromatic ring is 1. The highest BCUT2D eigenvalue weighted by Crippen LogP contribution is 2.14. The van der Waals surface area contributed by atoms with Gasteiger partial charge in [-0.2, -0.15) is 0 Å². The molecule has 0 saturated carbocycles. The lowest BCUT2D eigenvalue weighted by atomic mass is 10.2. The molecule has 1 aliphatic rings. The third-order valence-corrected chi connectivity index (χ3v) is 3.02. The molecule has 98 valence electrons. The van der Waals surface area contributed by atoms with Crippen LogP contribution >= 0.6 is 0 Å². The van der Waals surface area contributed by atoms with Crippen LogP contribution in [0.1, 0.15) is 13.3 Å². The smallest absolute Gasteiger partial charge is 0.322 e. The van der Waals surface area contributed by atoms with Crippen molar-refractivity contribution < 1.29 is 9.53 Å². The molecule has 0 bridgehead atoms. The number of carbonyl (C=O) groups excluding carboxylic acids is 1. The Balaban J connectivity index is 1.95. The summed E-state index contributed by atoms with van der Waals surface area (Å²) in [4.78, 5) is 13.8. The third kappa shape index (κ3) is 3.13. The Morgan fingerprint density at radius 2 is 2.44 bits per heavy atom. The van der Waals surface area contributed by atoms with E-state index in [2.05, 4.69) is 12.2 Å². The Morgan fingerprint density at radius 3 is 3.17 bits per heavy atom. The van der Waals surface area contributed by atoms with Crippen LogP contribution in [0.25, 0.3) is 0 Å². The highest BCUT2D eigenvalue weighted by atomic mass is 16.5. The van der Waals surface area contributed by atoms with Gasteiger partial charge in [0.15, 0.2) is 0 Å². The van der Waals surface area contributed by atoms with Gasteiger partial charge in [0.05, 0.1) is 12.7 Å². The number of benzene rings is 1. The van der Waals surface area contributed by atoms with E-state index in [1.165, 1.54) is 0 Å². The van der Waals surface area contributed by atoms with Gasteiger partial charge in [-0.15, -0.1) is 0 Å². The number of morpholine rings is 1. The van der Waals surface area contributed by atoms with E-state index in [4.69, 9.17) is 10.5 Å². The zero-order chi connectivity index (χ0) is 13.0. The predicted molar refractivity (Wildman–Crippen MR) is 71.5 cm³/mol. The average Bonchev–Trinajstić information content (AvgIpc) is 2.39. The second-order valence-corrected chi connectivity index (χ2v) is 4.40. The number of urea groups is 1. The summed E-state index contributed by atoms with van der Waals surface area (Å²) in [6, 6.07) is 7.08. The number of nitrogens with one attached hydrogen (secondary N) is 1. The Bertz CT molecular complexity index is 422. The molecule has 0 spiro atoms. The summed E-state index contributed by atoms with van der Waals surface area (Å²) in [7, 11) is 0. The van der Waals surface area contributed by atoms with Crippen LogP contribution in [0.15, 0.2) is 24.3 Å². The number of anilines is 2. The van der Waals surface area contributed by atoms with E-state index in [9.17, 15) is 4.79 Å². The second kappa shape index (κ2) is 5.73. The first-order valence-electron chi connectivity index (χ1n) is 6.22. The van der Waals surface area contributed by atoms with Crippen molar-refractivity contribution >= 4 is 17.4 Å². The van der Waals surface area contributed by atoms with Gasteiger partial charge in [0.2, 0.25) is 0 Å². The molecule has 0 radical (unpaired) electrons. The number of nitrogens with two attached hydrogens (primary N) is 1. The Hall–Kier alpha value is -1.75. The number of amides is 2. The first kappa shape index (κ1) is 12.7. The fourth-order valence-electron chi connectivity index (χ4n) is 1.97. The van der Waals surface area contributed by atoms with Gasteiger partial charge in [0, 0.05) is 24.5 Å². The number of hydrogen-bond donors (Lipinski definition) is 2. The summed E-state index contributed by atoms with van der Waals surface area (Å²) < 4.78 is 5.54. The molecule has 1 aliphatic heterocycles. The van der Waals surface area contributed by atoms with Crippen molar-refractivity contribution in [3.8, 4) is 0 Å². The minimum Gasteiger partial charge on any atom is -0.399 e. The van der Waals surface area contributed by atoms with E-state index >= 15 is 0 Å². The lowest BCUT2D eigenvalue weighted by Crippen LogP contribution is -2.47. The van der Waals surface area contributed by atoms with Crippen molar-refractivity contribution in [2.75, 3.05) is 30.7 Å². The van der Waals surface area contributed by atoms with Crippen molar-refractivity contribution in [2.45, 2.75) is 19.4 Å². The monoisotopic (exact) mass is 249 g/mol. The van der Waals surface area contributed by atoms with Crippen LogP contribution in [0.3, 0.4) is 0 Å². The van der Waals surface area contributed by atoms with Crippen LogP contribution in [-0.2, 0) is 4.74 Å². The maximum atomic E-state index is 12.1. The molecule has 1 heterocycles. The Labute approximate surface area is 107 Å². The molecular formula is C13H19N3O2. The predicted octanol–water partition coefficient (Wildman–Crippen LogP) is 1.91. The molecular weight excluding hydrogens is 230 g/mol. The molecule has 18 heavy (non-hydrogen) atoms. The number of rotatable bonds is 2. The van der Waals surface area contributed by atoms with Gasteiger partial charge in [-0.1, -0.05) is 13.0 Å². The zero-order valence-electron chi connectivity index (χ0n) is 10.6. The number of carbonyl (C=O) groups is 1. The standard InChI is InChI=1S/C13H19N3O2/c1-2-12-9-16(6-7-18-12)13(17)15-11-5-3-4-10(14)8-11/h3-5,8,12H,2,6-7,9,14H2,1H3,(H,15,17). The molecule has 1 fully saturated rings. The van der Waals surface area contributed by atoms with Crippen molar-refractivity contribution in [3.63, 3.8) is 0 Å². The maximum Gasteiger partial charge on any atom is 0.322 e. The molecule has 3 N–H and O–H groups in total. The van der Waals surface area contributed by atoms with E-state index in [-0.39, 0.29) is 12.1 Å². The fraction of sp³-hybridized carbons (Fsp3) is 0.462. The molecule has 1 atom stereocenters. The van der Waals surface area contributed by atoms with Gasteiger partial charge in [-0.25, -0.2) is 4.79 Å². The third-order valence-electron chi connectivity index (χ3n) is 3.02. The SMILES string of the molecule is CCC1CN(C(=O)Nc2cccc(N)c2)CCO1. The average molecular weight is 249 g/mol. The van der Waals surface area contributed by atoms with Crippen molar-refractivity contribution in [1.82, 2.24) is 4.90 Å². The highest BCUT2D eigenvalue weighted by molar-refractivity contribution is 5.89. The minimum absolute atomic E-state index is 0.0950. The summed E-state index contributed by atoms with van der Waals surface area (Å²) in [5, 5.41) is 2.85. The van der Waals surface area contributed by atoms with Crippen LogP contribution in [0, 0.1) is 0 Å². The molecule has 0 aliphatic carbocycles. The van der Waals surface area contributed by atoms with Gasteiger partial charge in [0.1, 0.15) is 0 Å². The molecule has 5 heteroatoms. The summed E-state index contributed by atoms with van der Waals surface area (Å²) in [6.45, 7) is 3.93. The number of hydrogen-bond acceptors (Lipinski definition) is 3. The molecule has 5 nitrogen and oxygen atoms in total. The molecule has 1 aromatic carbocycles. The van der Waals surface area contributed by atoms with Crippen molar-refractivity contribution in [2.24, 2.45) is 0 Å². The van der Waals surface area contributed by atoms with Crippen LogP contribution in [0.5, 0.6) is 0 Å². The topological polar surface area (TPSA) is 67.6 Å². The molecule has 0 aromatic heterocycles. The Kier molecular flexibility index (Phi) is 4.04. The van der Waals surface area contributed by atoms with E-state index < -0.39 is 0 Å². The van der Waals surface area contributed by atoms with Crippen LogP contribution in [0.4, 0.5) is 16.2 Å². The molecule has 2 rings (SSSR count). The van der Waals surface area contributed by atoms with E-state index in [1.807, 2.05) is 12.1 Å². The van der Waals surface area contributed by atoms with E-state index in [1.54, 1.807) is 17.0 Å². The van der Waals surface area contributed by atoms with Crippen molar-refractivity contribution in [1.29, 1.82) is 0 Å². The van der Waals surface area contributed by atoms with E-state index in [0.717, 1.165) is 12.1 Å². The minimum atomic E-state index is -0.0950. The molecule has 1 saturated heterocycles. The first-order valence-corrected chi connectivity index (χ1v) is 6.22. The van der Waals surface area contributed by atoms with Crippen LogP contribution in [-0.4, -0.2) is 36.7 Å². The molecule has 2 amide bonds. The summed E-state index contributed by atoms with van der Waals surface area (Å²) in [5.74, 6) is 0. The molecule has 1 unspecified atom stereocenters. The van der Waals surface area contributed by atoms with Crippen LogP contribution in [0.2, 0.25) is 0 Å². The van der Waals surface area contributed by atoms with Gasteiger partial charge >= 0.3 is 6.03 Å². The second-order valence-electron chi connectivity index (χ2n) is 4.40. The molecule has 1 aromatic rings. The van der Waals surface area contributed by atoms with E-state index in [0.29, 0.717) is 25.4 Å². The quantitative estimate of drug-likeness (QED) is 0.787. The first-order chi connectivity index (χ1) is 8.69.